The number of rotatable bonds is 9. The standard InChI is InChI=1S/C33H42FN7O5S/c1-6-31(42)37-25-14-26(41-16-23(20(41)4)28-18-46-11-12-47(28,43)44)22-15-36-30(13-21(22)32(25)19(2)3)38-29-7-9-35-33(39-29)40-10-8-27(45-5)24(34)17-40/h6-7,9,13-15,19-20,23-24,27-28H,1,8,10-12,16-18H2,2-5H3,(H,37,42)(H,35,36,38,39)/t20?,23?,24-,27+,28?/m0/s1. The van der Waals surface area contributed by atoms with E-state index in [0.717, 1.165) is 22.0 Å². The van der Waals surface area contributed by atoms with E-state index >= 15 is 0 Å². The lowest BCUT2D eigenvalue weighted by atomic mass is 9.84. The van der Waals surface area contributed by atoms with E-state index in [4.69, 9.17) is 14.5 Å². The molecule has 5 heterocycles. The highest BCUT2D eigenvalue weighted by Gasteiger charge is 2.47. The number of fused-ring (bicyclic) bond motifs is 1. The molecule has 0 spiro atoms. The summed E-state index contributed by atoms with van der Waals surface area (Å²) >= 11 is 0. The van der Waals surface area contributed by atoms with Crippen molar-refractivity contribution < 1.29 is 27.1 Å². The monoisotopic (exact) mass is 667 g/mol. The fourth-order valence-electron chi connectivity index (χ4n) is 6.97. The Hall–Kier alpha value is -3.88. The fraction of sp³-hybridized carbons (Fsp3) is 0.515. The predicted octanol–water partition coefficient (Wildman–Crippen LogP) is 4.22. The summed E-state index contributed by atoms with van der Waals surface area (Å²) in [6, 6.07) is 5.53. The van der Waals surface area contributed by atoms with Crippen LogP contribution in [0.2, 0.25) is 0 Å². The Morgan fingerprint density at radius 1 is 1.21 bits per heavy atom. The maximum Gasteiger partial charge on any atom is 0.247 e. The van der Waals surface area contributed by atoms with Crippen LogP contribution in [0.4, 0.5) is 33.3 Å². The fourth-order valence-corrected chi connectivity index (χ4v) is 8.77. The molecule has 3 unspecified atom stereocenters. The second kappa shape index (κ2) is 13.3. The van der Waals surface area contributed by atoms with Crippen molar-refractivity contribution in [3.05, 3.63) is 48.8 Å². The number of alkyl halides is 1. The van der Waals surface area contributed by atoms with Gasteiger partial charge in [0, 0.05) is 61.3 Å². The van der Waals surface area contributed by atoms with E-state index in [0.29, 0.717) is 42.8 Å². The first-order valence-corrected chi connectivity index (χ1v) is 17.7. The smallest absolute Gasteiger partial charge is 0.247 e. The van der Waals surface area contributed by atoms with Crippen molar-refractivity contribution in [1.82, 2.24) is 15.0 Å². The van der Waals surface area contributed by atoms with Crippen LogP contribution in [0.15, 0.2) is 43.2 Å². The number of nitrogens with zero attached hydrogens (tertiary/aromatic N) is 5. The summed E-state index contributed by atoms with van der Waals surface area (Å²) in [5.74, 6) is 1.11. The van der Waals surface area contributed by atoms with Gasteiger partial charge in [0.05, 0.1) is 36.9 Å². The lowest BCUT2D eigenvalue weighted by molar-refractivity contribution is -0.111. The second-order valence-electron chi connectivity index (χ2n) is 12.7. The number of carbonyl (C=O) groups is 1. The molecular weight excluding hydrogens is 625 g/mol. The van der Waals surface area contributed by atoms with Gasteiger partial charge >= 0.3 is 0 Å². The number of carbonyl (C=O) groups excluding carboxylic acids is 1. The van der Waals surface area contributed by atoms with Crippen molar-refractivity contribution >= 4 is 55.5 Å². The summed E-state index contributed by atoms with van der Waals surface area (Å²) < 4.78 is 51.2. The third-order valence-corrected chi connectivity index (χ3v) is 11.7. The summed E-state index contributed by atoms with van der Waals surface area (Å²) in [6.45, 7) is 11.5. The van der Waals surface area contributed by atoms with Gasteiger partial charge < -0.3 is 29.9 Å². The summed E-state index contributed by atoms with van der Waals surface area (Å²) in [7, 11) is -1.72. The van der Waals surface area contributed by atoms with Crippen molar-refractivity contribution in [3.8, 4) is 0 Å². The van der Waals surface area contributed by atoms with E-state index in [1.165, 1.54) is 13.2 Å². The zero-order chi connectivity index (χ0) is 33.5. The molecule has 3 aromatic rings. The van der Waals surface area contributed by atoms with Gasteiger partial charge in [-0.05, 0) is 54.5 Å². The predicted molar refractivity (Wildman–Crippen MR) is 181 cm³/mol. The summed E-state index contributed by atoms with van der Waals surface area (Å²) in [5.41, 5.74) is 2.43. The molecule has 0 bridgehead atoms. The molecule has 6 rings (SSSR count). The molecule has 2 N–H and O–H groups in total. The van der Waals surface area contributed by atoms with Crippen molar-refractivity contribution in [2.45, 2.75) is 56.7 Å². The normalized spacial score (nSPS) is 25.8. The van der Waals surface area contributed by atoms with Gasteiger partial charge in [0.1, 0.15) is 17.8 Å². The number of sulfone groups is 1. The lowest BCUT2D eigenvalue weighted by Crippen LogP contribution is -2.62. The molecule has 0 aliphatic carbocycles. The number of ether oxygens (including phenoxy) is 2. The highest BCUT2D eigenvalue weighted by Crippen LogP contribution is 2.44. The molecule has 1 aromatic carbocycles. The minimum Gasteiger partial charge on any atom is -0.379 e. The molecule has 0 radical (unpaired) electrons. The Balaban J connectivity index is 1.34. The first kappa shape index (κ1) is 33.0. The molecule has 14 heteroatoms. The van der Waals surface area contributed by atoms with Crippen LogP contribution in [-0.2, 0) is 24.1 Å². The molecule has 5 atom stereocenters. The number of halogens is 1. The summed E-state index contributed by atoms with van der Waals surface area (Å²) in [4.78, 5) is 30.3. The molecule has 47 heavy (non-hydrogen) atoms. The van der Waals surface area contributed by atoms with Crippen molar-refractivity contribution in [3.63, 3.8) is 0 Å². The van der Waals surface area contributed by atoms with Crippen LogP contribution in [0.25, 0.3) is 10.8 Å². The zero-order valence-electron chi connectivity index (χ0n) is 27.1. The number of benzene rings is 1. The first-order chi connectivity index (χ1) is 22.5. The van der Waals surface area contributed by atoms with Crippen LogP contribution in [0.5, 0.6) is 0 Å². The first-order valence-electron chi connectivity index (χ1n) is 16.0. The highest BCUT2D eigenvalue weighted by molar-refractivity contribution is 7.92. The molecule has 2 aromatic heterocycles. The maximum atomic E-state index is 14.6. The highest BCUT2D eigenvalue weighted by atomic mass is 32.2. The van der Waals surface area contributed by atoms with Gasteiger partial charge in [-0.25, -0.2) is 22.8 Å². The Labute approximate surface area is 274 Å². The molecule has 252 valence electrons. The maximum absolute atomic E-state index is 14.6. The van der Waals surface area contributed by atoms with E-state index in [9.17, 15) is 17.6 Å². The van der Waals surface area contributed by atoms with Gasteiger partial charge in [-0.2, -0.15) is 4.98 Å². The van der Waals surface area contributed by atoms with Gasteiger partial charge in [-0.3, -0.25) is 4.79 Å². The molecule has 3 fully saturated rings. The Kier molecular flexibility index (Phi) is 9.36. The van der Waals surface area contributed by atoms with Crippen molar-refractivity contribution in [2.24, 2.45) is 5.92 Å². The summed E-state index contributed by atoms with van der Waals surface area (Å²) in [5, 5.41) is 7.50. The molecule has 3 aliphatic heterocycles. The Bertz CT molecular complexity index is 1770. The van der Waals surface area contributed by atoms with E-state index in [1.807, 2.05) is 24.0 Å². The number of aromatic nitrogens is 3. The van der Waals surface area contributed by atoms with Crippen LogP contribution >= 0.6 is 0 Å². The summed E-state index contributed by atoms with van der Waals surface area (Å²) in [6.07, 6.45) is 3.62. The van der Waals surface area contributed by atoms with Crippen LogP contribution in [0, 0.1) is 5.92 Å². The average molecular weight is 668 g/mol. The molecule has 3 aliphatic rings. The number of pyridine rings is 1. The third kappa shape index (κ3) is 6.50. The number of anilines is 5. The van der Waals surface area contributed by atoms with E-state index in [1.54, 1.807) is 18.5 Å². The molecule has 12 nitrogen and oxygen atoms in total. The van der Waals surface area contributed by atoms with Gasteiger partial charge in [0.2, 0.25) is 11.9 Å². The Morgan fingerprint density at radius 3 is 2.70 bits per heavy atom. The molecule has 0 saturated carbocycles. The van der Waals surface area contributed by atoms with Gasteiger partial charge in [-0.15, -0.1) is 0 Å². The number of hydrogen-bond donors (Lipinski definition) is 2. The number of hydrogen-bond acceptors (Lipinski definition) is 11. The number of methoxy groups -OCH3 is 1. The minimum atomic E-state index is -3.24. The van der Waals surface area contributed by atoms with Crippen molar-refractivity contribution in [1.29, 1.82) is 0 Å². The largest absolute Gasteiger partial charge is 0.379 e. The van der Waals surface area contributed by atoms with E-state index < -0.39 is 27.4 Å². The quantitative estimate of drug-likeness (QED) is 0.317. The van der Waals surface area contributed by atoms with Gasteiger partial charge in [0.25, 0.3) is 0 Å². The van der Waals surface area contributed by atoms with Gasteiger partial charge in [0.15, 0.2) is 9.84 Å². The van der Waals surface area contributed by atoms with Crippen LogP contribution in [0.1, 0.15) is 38.7 Å². The Morgan fingerprint density at radius 2 is 2.02 bits per heavy atom. The molecular formula is C33H42FN7O5S. The van der Waals surface area contributed by atoms with Crippen LogP contribution < -0.4 is 20.4 Å². The topological polar surface area (TPSA) is 139 Å². The average Bonchev–Trinajstić information content (AvgIpc) is 3.04. The lowest BCUT2D eigenvalue weighted by Gasteiger charge is -2.51. The number of piperidine rings is 1. The minimum absolute atomic E-state index is 0.0299. The zero-order valence-corrected chi connectivity index (χ0v) is 28.0. The van der Waals surface area contributed by atoms with Crippen LogP contribution in [0.3, 0.4) is 0 Å². The van der Waals surface area contributed by atoms with E-state index in [-0.39, 0.29) is 49.3 Å². The number of amides is 1. The van der Waals surface area contributed by atoms with E-state index in [2.05, 4.69) is 45.9 Å². The van der Waals surface area contributed by atoms with Crippen LogP contribution in [-0.4, -0.2) is 98.6 Å². The second-order valence-corrected chi connectivity index (χ2v) is 15.1. The molecule has 1 amide bonds. The third-order valence-electron chi connectivity index (χ3n) is 9.59. The molecule has 3 saturated heterocycles. The number of nitrogens with one attached hydrogen (secondary N) is 2. The van der Waals surface area contributed by atoms with Crippen molar-refractivity contribution in [2.75, 3.05) is 66.1 Å². The van der Waals surface area contributed by atoms with Gasteiger partial charge in [-0.1, -0.05) is 20.4 Å². The SMILES string of the molecule is C=CC(=O)Nc1cc(N2CC(C3COCCS3(=O)=O)C2C)c2cnc(Nc3ccnc(N4CC[C@@H](OC)[C@@H](F)C4)n3)cc2c1C(C)C.